The molecule has 2 fully saturated rings. The number of carbonyl (C=O) groups excluding carboxylic acids is 2. The minimum absolute atomic E-state index is 0.230. The number of hydrogen-bond acceptors (Lipinski definition) is 6. The molecule has 1 atom stereocenters. The number of nitriles is 1. The van der Waals surface area contributed by atoms with Crippen LogP contribution < -0.4 is 5.32 Å². The number of ether oxygens (including phenoxy) is 2. The highest BCUT2D eigenvalue weighted by Crippen LogP contribution is 2.23. The van der Waals surface area contributed by atoms with E-state index in [1.807, 2.05) is 49.5 Å². The Bertz CT molecular complexity index is 1040. The van der Waals surface area contributed by atoms with Gasteiger partial charge in [-0.05, 0) is 36.2 Å². The maximum absolute atomic E-state index is 13.3. The largest absolute Gasteiger partial charge is 0.436 e. The Morgan fingerprint density at radius 2 is 1.82 bits per heavy atom. The molecule has 8 nitrogen and oxygen atoms in total. The topological polar surface area (TPSA) is 94.9 Å². The SMILES string of the molecule is CN1CCC(C#N)(NC(=O)C(Cc2ccc3ccccc3c2)OC(=O)N2CCOCC2)CC1. The van der Waals surface area contributed by atoms with Gasteiger partial charge in [-0.2, -0.15) is 5.26 Å². The fourth-order valence-electron chi connectivity index (χ4n) is 4.29. The van der Waals surface area contributed by atoms with Crippen molar-refractivity contribution in [1.82, 2.24) is 15.1 Å². The van der Waals surface area contributed by atoms with Crippen LogP contribution in [-0.4, -0.2) is 79.9 Å². The molecule has 2 aliphatic rings. The summed E-state index contributed by atoms with van der Waals surface area (Å²) in [5.41, 5.74) is -0.0608. The lowest BCUT2D eigenvalue weighted by molar-refractivity contribution is -0.132. The highest BCUT2D eigenvalue weighted by Gasteiger charge is 2.38. The zero-order chi connectivity index (χ0) is 23.3. The first-order chi connectivity index (χ1) is 16.0. The van der Waals surface area contributed by atoms with E-state index in [0.29, 0.717) is 39.1 Å². The number of amides is 2. The van der Waals surface area contributed by atoms with E-state index in [1.54, 1.807) is 4.90 Å². The van der Waals surface area contributed by atoms with E-state index >= 15 is 0 Å². The molecule has 0 bridgehead atoms. The number of hydrogen-bond donors (Lipinski definition) is 1. The summed E-state index contributed by atoms with van der Waals surface area (Å²) in [6, 6.07) is 16.2. The molecule has 2 aromatic carbocycles. The van der Waals surface area contributed by atoms with Crippen molar-refractivity contribution in [2.75, 3.05) is 46.4 Å². The summed E-state index contributed by atoms with van der Waals surface area (Å²) >= 11 is 0. The summed E-state index contributed by atoms with van der Waals surface area (Å²) in [6.45, 7) is 3.19. The lowest BCUT2D eigenvalue weighted by atomic mass is 9.88. The molecule has 0 aromatic heterocycles. The smallest absolute Gasteiger partial charge is 0.410 e. The monoisotopic (exact) mass is 450 g/mol. The van der Waals surface area contributed by atoms with Gasteiger partial charge in [0.05, 0.1) is 19.3 Å². The van der Waals surface area contributed by atoms with Gasteiger partial charge in [-0.1, -0.05) is 42.5 Å². The highest BCUT2D eigenvalue weighted by atomic mass is 16.6. The summed E-state index contributed by atoms with van der Waals surface area (Å²) in [6.07, 6.45) is -0.272. The number of nitrogens with one attached hydrogen (secondary N) is 1. The van der Waals surface area contributed by atoms with Gasteiger partial charge in [0, 0.05) is 32.6 Å². The summed E-state index contributed by atoms with van der Waals surface area (Å²) in [5.74, 6) is -0.434. The van der Waals surface area contributed by atoms with Gasteiger partial charge in [0.2, 0.25) is 0 Å². The maximum Gasteiger partial charge on any atom is 0.410 e. The lowest BCUT2D eigenvalue weighted by Crippen LogP contribution is -2.57. The Hall–Kier alpha value is -3.15. The predicted molar refractivity (Wildman–Crippen MR) is 124 cm³/mol. The second-order valence-corrected chi connectivity index (χ2v) is 8.84. The third-order valence-electron chi connectivity index (χ3n) is 6.46. The highest BCUT2D eigenvalue weighted by molar-refractivity contribution is 5.86. The third kappa shape index (κ3) is 5.62. The molecule has 1 N–H and O–H groups in total. The average Bonchev–Trinajstić information content (AvgIpc) is 2.85. The molecular formula is C25H30N4O4. The molecule has 0 aliphatic carbocycles. The normalized spacial score (nSPS) is 19.5. The molecule has 174 valence electrons. The van der Waals surface area contributed by atoms with Gasteiger partial charge in [-0.3, -0.25) is 4.79 Å². The van der Waals surface area contributed by atoms with Crippen LogP contribution >= 0.6 is 0 Å². The second-order valence-electron chi connectivity index (χ2n) is 8.84. The van der Waals surface area contributed by atoms with Crippen LogP contribution in [0.25, 0.3) is 10.8 Å². The summed E-state index contributed by atoms with van der Waals surface area (Å²) in [4.78, 5) is 29.8. The van der Waals surface area contributed by atoms with Crippen LogP contribution in [0.4, 0.5) is 4.79 Å². The molecule has 2 saturated heterocycles. The van der Waals surface area contributed by atoms with E-state index in [9.17, 15) is 14.9 Å². The number of benzene rings is 2. The molecule has 2 amide bonds. The molecule has 2 aliphatic heterocycles. The first-order valence-corrected chi connectivity index (χ1v) is 11.4. The molecule has 8 heteroatoms. The van der Waals surface area contributed by atoms with Crippen molar-refractivity contribution in [1.29, 1.82) is 5.26 Å². The van der Waals surface area contributed by atoms with Crippen molar-refractivity contribution >= 4 is 22.8 Å². The second kappa shape index (κ2) is 10.2. The number of nitrogens with zero attached hydrogens (tertiary/aromatic N) is 3. The van der Waals surface area contributed by atoms with E-state index in [0.717, 1.165) is 29.4 Å². The Labute approximate surface area is 194 Å². The summed E-state index contributed by atoms with van der Waals surface area (Å²) < 4.78 is 11.0. The van der Waals surface area contributed by atoms with Crippen molar-refractivity contribution in [2.45, 2.75) is 30.9 Å². The van der Waals surface area contributed by atoms with E-state index < -0.39 is 23.6 Å². The Morgan fingerprint density at radius 3 is 2.52 bits per heavy atom. The zero-order valence-electron chi connectivity index (χ0n) is 19.0. The van der Waals surface area contributed by atoms with Crippen molar-refractivity contribution < 1.29 is 19.1 Å². The number of rotatable bonds is 5. The Balaban J connectivity index is 1.53. The molecule has 2 heterocycles. The number of morpholine rings is 1. The lowest BCUT2D eigenvalue weighted by Gasteiger charge is -2.37. The predicted octanol–water partition coefficient (Wildman–Crippen LogP) is 2.32. The van der Waals surface area contributed by atoms with Crippen molar-refractivity contribution in [3.8, 4) is 6.07 Å². The first kappa shape index (κ1) is 23.0. The molecule has 4 rings (SSSR count). The molecule has 1 unspecified atom stereocenters. The summed E-state index contributed by atoms with van der Waals surface area (Å²) in [5, 5.41) is 14.9. The zero-order valence-corrected chi connectivity index (χ0v) is 19.0. The summed E-state index contributed by atoms with van der Waals surface area (Å²) in [7, 11) is 2.00. The maximum atomic E-state index is 13.3. The van der Waals surface area contributed by atoms with E-state index in [1.165, 1.54) is 0 Å². The number of fused-ring (bicyclic) bond motifs is 1. The van der Waals surface area contributed by atoms with Crippen LogP contribution in [0.2, 0.25) is 0 Å². The van der Waals surface area contributed by atoms with E-state index in [4.69, 9.17) is 9.47 Å². The molecule has 0 spiro atoms. The van der Waals surface area contributed by atoms with Crippen molar-refractivity contribution in [2.24, 2.45) is 0 Å². The van der Waals surface area contributed by atoms with Crippen LogP contribution in [0.15, 0.2) is 42.5 Å². The third-order valence-corrected chi connectivity index (χ3v) is 6.46. The van der Waals surface area contributed by atoms with Crippen LogP contribution in [0.1, 0.15) is 18.4 Å². The Kier molecular flexibility index (Phi) is 7.11. The fraction of sp³-hybridized carbons (Fsp3) is 0.480. The van der Waals surface area contributed by atoms with Gasteiger partial charge in [0.1, 0.15) is 5.54 Å². The number of piperidine rings is 1. The van der Waals surface area contributed by atoms with Gasteiger partial charge in [0.25, 0.3) is 5.91 Å². The molecule has 33 heavy (non-hydrogen) atoms. The molecule has 0 radical (unpaired) electrons. The minimum atomic E-state index is -1.04. The number of carbonyl (C=O) groups is 2. The van der Waals surface area contributed by atoms with Crippen LogP contribution in [-0.2, 0) is 20.7 Å². The van der Waals surface area contributed by atoms with Crippen molar-refractivity contribution in [3.05, 3.63) is 48.0 Å². The molecule has 0 saturated carbocycles. The number of likely N-dealkylation sites (tertiary alicyclic amines) is 1. The van der Waals surface area contributed by atoms with E-state index in [-0.39, 0.29) is 6.42 Å². The quantitative estimate of drug-likeness (QED) is 0.751. The van der Waals surface area contributed by atoms with Gasteiger partial charge >= 0.3 is 6.09 Å². The van der Waals surface area contributed by atoms with Crippen molar-refractivity contribution in [3.63, 3.8) is 0 Å². The molecule has 2 aromatic rings. The van der Waals surface area contributed by atoms with Gasteiger partial charge in [-0.15, -0.1) is 0 Å². The average molecular weight is 451 g/mol. The molecular weight excluding hydrogens is 420 g/mol. The van der Waals surface area contributed by atoms with E-state index in [2.05, 4.69) is 16.3 Å². The minimum Gasteiger partial charge on any atom is -0.436 e. The fourth-order valence-corrected chi connectivity index (χ4v) is 4.29. The van der Waals surface area contributed by atoms with Gasteiger partial charge in [-0.25, -0.2) is 4.79 Å². The first-order valence-electron chi connectivity index (χ1n) is 11.4. The van der Waals surface area contributed by atoms with Crippen LogP contribution in [0, 0.1) is 11.3 Å². The van der Waals surface area contributed by atoms with Crippen LogP contribution in [0.3, 0.4) is 0 Å². The van der Waals surface area contributed by atoms with Gasteiger partial charge in [0.15, 0.2) is 6.10 Å². The standard InChI is InChI=1S/C25H30N4O4/c1-28-10-8-25(18-26,9-11-28)27-23(30)22(33-24(31)29-12-14-32-15-13-29)17-19-6-7-20-4-2-3-5-21(20)16-19/h2-7,16,22H,8-15,17H2,1H3,(H,27,30). The van der Waals surface area contributed by atoms with Crippen LogP contribution in [0.5, 0.6) is 0 Å². The van der Waals surface area contributed by atoms with Gasteiger partial charge < -0.3 is 24.6 Å². The Morgan fingerprint density at radius 1 is 1.12 bits per heavy atom.